The van der Waals surface area contributed by atoms with Crippen LogP contribution in [-0.2, 0) is 4.79 Å². The molecule has 1 saturated carbocycles. The molecule has 1 fully saturated rings. The lowest BCUT2D eigenvalue weighted by atomic mass is 9.95. The zero-order valence-electron chi connectivity index (χ0n) is 15.6. The monoisotopic (exact) mass is 490 g/mol. The van der Waals surface area contributed by atoms with Crippen LogP contribution in [0.3, 0.4) is 0 Å². The van der Waals surface area contributed by atoms with Gasteiger partial charge in [0.1, 0.15) is 5.60 Å². The van der Waals surface area contributed by atoms with E-state index >= 15 is 0 Å². The van der Waals surface area contributed by atoms with Crippen molar-refractivity contribution < 1.29 is 19.1 Å². The molecule has 0 aromatic carbocycles. The molecule has 2 amide bonds. The van der Waals surface area contributed by atoms with E-state index in [0.29, 0.717) is 37.1 Å². The van der Waals surface area contributed by atoms with Gasteiger partial charge in [0, 0.05) is 22.0 Å². The fourth-order valence-corrected chi connectivity index (χ4v) is 6.41. The van der Waals surface area contributed by atoms with Gasteiger partial charge in [-0.05, 0) is 60.7 Å². The molecule has 28 heavy (non-hydrogen) atoms. The van der Waals surface area contributed by atoms with Gasteiger partial charge in [-0.2, -0.15) is 0 Å². The number of nitrogens with one attached hydrogen (secondary N) is 2. The fraction of sp³-hybridized carbons (Fsp3) is 0.579. The molecule has 2 heterocycles. The van der Waals surface area contributed by atoms with Crippen molar-refractivity contribution >= 4 is 59.8 Å². The summed E-state index contributed by atoms with van der Waals surface area (Å²) in [6.07, 6.45) is 1.58. The van der Waals surface area contributed by atoms with E-state index < -0.39 is 17.7 Å². The Balaban J connectivity index is 1.38. The Morgan fingerprint density at radius 3 is 2.64 bits per heavy atom. The molecule has 0 spiro atoms. The quantitative estimate of drug-likeness (QED) is 0.480. The van der Waals surface area contributed by atoms with Crippen LogP contribution in [0.15, 0.2) is 15.9 Å². The third-order valence-electron chi connectivity index (χ3n) is 5.06. The van der Waals surface area contributed by atoms with Crippen LogP contribution in [0.2, 0.25) is 0 Å². The predicted molar refractivity (Wildman–Crippen MR) is 115 cm³/mol. The van der Waals surface area contributed by atoms with Crippen molar-refractivity contribution in [3.8, 4) is 0 Å². The molecule has 3 rings (SSSR count). The average molecular weight is 491 g/mol. The number of halogens is 2. The third kappa shape index (κ3) is 5.11. The largest absolute Gasteiger partial charge is 0.386 e. The van der Waals surface area contributed by atoms with Crippen molar-refractivity contribution in [2.24, 2.45) is 0 Å². The van der Waals surface area contributed by atoms with E-state index in [-0.39, 0.29) is 11.9 Å². The normalized spacial score (nSPS) is 18.1. The van der Waals surface area contributed by atoms with E-state index in [0.717, 1.165) is 26.0 Å². The number of thiophene rings is 2. The van der Waals surface area contributed by atoms with Gasteiger partial charge in [-0.15, -0.1) is 22.7 Å². The number of aliphatic hydroxyl groups is 1. The van der Waals surface area contributed by atoms with E-state index in [1.54, 1.807) is 11.3 Å². The summed E-state index contributed by atoms with van der Waals surface area (Å²) >= 11 is 6.50. The molecule has 1 aliphatic rings. The molecular formula is C19H24BrFN2O3S2. The Kier molecular flexibility index (Phi) is 7.12. The predicted octanol–water partition coefficient (Wildman–Crippen LogP) is 4.38. The van der Waals surface area contributed by atoms with Gasteiger partial charge in [-0.1, -0.05) is 12.8 Å². The Morgan fingerprint density at radius 1 is 1.29 bits per heavy atom. The van der Waals surface area contributed by atoms with E-state index in [9.17, 15) is 19.1 Å². The number of alkyl halides is 1. The summed E-state index contributed by atoms with van der Waals surface area (Å²) in [6, 6.07) is 3.84. The molecule has 2 aromatic rings. The van der Waals surface area contributed by atoms with Crippen LogP contribution in [0, 0.1) is 0 Å². The van der Waals surface area contributed by atoms with Crippen LogP contribution in [0.25, 0.3) is 9.40 Å². The average Bonchev–Trinajstić information content (AvgIpc) is 3.33. The molecular weight excluding hydrogens is 467 g/mol. The maximum absolute atomic E-state index is 14.2. The first-order valence-corrected chi connectivity index (χ1v) is 11.8. The maximum atomic E-state index is 14.2. The molecule has 3 N–H and O–H groups in total. The summed E-state index contributed by atoms with van der Waals surface area (Å²) in [5.74, 6) is -0.848. The van der Waals surface area contributed by atoms with Gasteiger partial charge in [0.05, 0.1) is 8.66 Å². The highest BCUT2D eigenvalue weighted by atomic mass is 79.9. The van der Waals surface area contributed by atoms with Gasteiger partial charge in [-0.3, -0.25) is 9.59 Å². The van der Waals surface area contributed by atoms with Crippen molar-refractivity contribution in [1.82, 2.24) is 10.6 Å². The molecule has 2 unspecified atom stereocenters. The number of hydrogen-bond donors (Lipinski definition) is 3. The number of rotatable bonds is 8. The van der Waals surface area contributed by atoms with Gasteiger partial charge in [0.2, 0.25) is 6.17 Å². The van der Waals surface area contributed by atoms with Crippen molar-refractivity contribution in [3.63, 3.8) is 0 Å². The molecule has 2 aromatic heterocycles. The Hall–Kier alpha value is -1.03. The second-order valence-corrected chi connectivity index (χ2v) is 10.9. The number of carbonyl (C=O) groups is 2. The van der Waals surface area contributed by atoms with Crippen molar-refractivity contribution in [3.05, 3.63) is 20.8 Å². The summed E-state index contributed by atoms with van der Waals surface area (Å²) in [6.45, 7) is 2.23. The zero-order chi connectivity index (χ0) is 20.3. The first-order chi connectivity index (χ1) is 13.3. The van der Waals surface area contributed by atoms with Crippen LogP contribution < -0.4 is 10.6 Å². The first kappa shape index (κ1) is 21.7. The highest BCUT2D eigenvalue weighted by molar-refractivity contribution is 9.11. The van der Waals surface area contributed by atoms with Crippen LogP contribution >= 0.6 is 38.6 Å². The van der Waals surface area contributed by atoms with Crippen LogP contribution in [0.4, 0.5) is 4.39 Å². The highest BCUT2D eigenvalue weighted by Crippen LogP contribution is 2.36. The lowest BCUT2D eigenvalue weighted by Gasteiger charge is -2.25. The van der Waals surface area contributed by atoms with Gasteiger partial charge < -0.3 is 15.7 Å². The van der Waals surface area contributed by atoms with Gasteiger partial charge in [-0.25, -0.2) is 4.39 Å². The summed E-state index contributed by atoms with van der Waals surface area (Å²) < 4.78 is 17.4. The SMILES string of the molecule is CC(CCCNC(=O)C(F)C1(O)CCCC1)NC(=O)c1cc2sc(Br)cc2s1. The molecule has 0 saturated heterocycles. The maximum Gasteiger partial charge on any atom is 0.261 e. The van der Waals surface area contributed by atoms with E-state index in [4.69, 9.17) is 0 Å². The minimum absolute atomic E-state index is 0.0588. The zero-order valence-corrected chi connectivity index (χ0v) is 18.8. The number of hydrogen-bond acceptors (Lipinski definition) is 5. The topological polar surface area (TPSA) is 78.4 Å². The van der Waals surface area contributed by atoms with Crippen LogP contribution in [0.1, 0.15) is 55.1 Å². The lowest BCUT2D eigenvalue weighted by Crippen LogP contribution is -2.47. The Morgan fingerprint density at radius 2 is 1.96 bits per heavy atom. The van der Waals surface area contributed by atoms with Crippen molar-refractivity contribution in [2.45, 2.75) is 63.3 Å². The van der Waals surface area contributed by atoms with Crippen LogP contribution in [-0.4, -0.2) is 41.3 Å². The summed E-state index contributed by atoms with van der Waals surface area (Å²) in [5, 5.41) is 15.7. The molecule has 0 radical (unpaired) electrons. The minimum Gasteiger partial charge on any atom is -0.386 e. The van der Waals surface area contributed by atoms with Gasteiger partial charge in [0.25, 0.3) is 11.8 Å². The number of carbonyl (C=O) groups excluding carboxylic acids is 2. The summed E-state index contributed by atoms with van der Waals surface area (Å²) in [7, 11) is 0. The number of amides is 2. The molecule has 9 heteroatoms. The van der Waals surface area contributed by atoms with Crippen molar-refractivity contribution in [1.29, 1.82) is 0 Å². The molecule has 1 aliphatic carbocycles. The minimum atomic E-state index is -1.88. The third-order valence-corrected chi connectivity index (χ3v) is 7.86. The Labute approximate surface area is 179 Å². The van der Waals surface area contributed by atoms with Crippen molar-refractivity contribution in [2.75, 3.05) is 6.54 Å². The van der Waals surface area contributed by atoms with Gasteiger partial charge >= 0.3 is 0 Å². The van der Waals surface area contributed by atoms with E-state index in [1.807, 2.05) is 19.1 Å². The highest BCUT2D eigenvalue weighted by Gasteiger charge is 2.43. The van der Waals surface area contributed by atoms with E-state index in [1.165, 1.54) is 11.3 Å². The van der Waals surface area contributed by atoms with E-state index in [2.05, 4.69) is 26.6 Å². The summed E-state index contributed by atoms with van der Waals surface area (Å²) in [5.41, 5.74) is -1.50. The second-order valence-electron chi connectivity index (χ2n) is 7.37. The fourth-order valence-electron chi connectivity index (χ4n) is 3.48. The molecule has 0 aliphatic heterocycles. The lowest BCUT2D eigenvalue weighted by molar-refractivity contribution is -0.136. The molecule has 5 nitrogen and oxygen atoms in total. The smallest absolute Gasteiger partial charge is 0.261 e. The molecule has 0 bridgehead atoms. The number of fused-ring (bicyclic) bond motifs is 1. The standard InChI is InChI=1S/C19H24BrFN2O3S2/c1-11(23-17(24)14-9-12-13(27-14)10-15(20)28-12)5-4-8-22-18(25)16(21)19(26)6-2-3-7-19/h9-11,16,26H,2-8H2,1H3,(H,22,25)(H,23,24). The Bertz CT molecular complexity index is 816. The summed E-state index contributed by atoms with van der Waals surface area (Å²) in [4.78, 5) is 25.0. The first-order valence-electron chi connectivity index (χ1n) is 9.42. The molecule has 154 valence electrons. The molecule has 2 atom stereocenters. The van der Waals surface area contributed by atoms with Crippen LogP contribution in [0.5, 0.6) is 0 Å². The second kappa shape index (κ2) is 9.19. The van der Waals surface area contributed by atoms with Gasteiger partial charge in [0.15, 0.2) is 0 Å².